The third-order valence-corrected chi connectivity index (χ3v) is 4.17. The number of carbonyl (C=O) groups is 1. The topological polar surface area (TPSA) is 102 Å². The fraction of sp³-hybridized carbons (Fsp3) is 0.167. The average Bonchev–Trinajstić information content (AvgIpc) is 2.53. The molecule has 0 radical (unpaired) electrons. The maximum atomic E-state index is 10.9. The van der Waals surface area contributed by atoms with E-state index in [1.807, 2.05) is 0 Å². The Kier molecular flexibility index (Phi) is 6.10. The Labute approximate surface area is 134 Å². The number of nitrogens with zero attached hydrogens (tertiary/aromatic N) is 5. The molecule has 1 amide bonds. The van der Waals surface area contributed by atoms with Crippen molar-refractivity contribution in [3.05, 3.63) is 24.8 Å². The summed E-state index contributed by atoms with van der Waals surface area (Å²) < 4.78 is 4.70. The predicted molar refractivity (Wildman–Crippen MR) is 85.2 cm³/mol. The Morgan fingerprint density at radius 2 is 1.82 bits per heavy atom. The Bertz CT molecular complexity index is 648. The van der Waals surface area contributed by atoms with Crippen LogP contribution in [0.3, 0.4) is 0 Å². The van der Waals surface area contributed by atoms with E-state index in [9.17, 15) is 4.79 Å². The number of hydrogen-bond acceptors (Lipinski definition) is 9. The normalized spacial score (nSPS) is 10.6. The fourth-order valence-electron chi connectivity index (χ4n) is 1.22. The van der Waals surface area contributed by atoms with E-state index >= 15 is 0 Å². The molecule has 0 aliphatic carbocycles. The predicted octanol–water partition coefficient (Wildman–Crippen LogP) is 2.33. The number of rotatable bonds is 6. The molecular formula is C12H12N6O2S2. The minimum atomic E-state index is -0.185. The van der Waals surface area contributed by atoms with Crippen molar-refractivity contribution >= 4 is 45.5 Å². The smallest absolute Gasteiger partial charge is 0.222 e. The average molecular weight is 336 g/mol. The van der Waals surface area contributed by atoms with Gasteiger partial charge in [-0.15, -0.1) is 0 Å². The molecule has 0 aliphatic heterocycles. The highest BCUT2D eigenvalue weighted by atomic mass is 33.1. The van der Waals surface area contributed by atoms with Gasteiger partial charge in [-0.1, -0.05) is 0 Å². The van der Waals surface area contributed by atoms with Crippen molar-refractivity contribution in [1.29, 1.82) is 0 Å². The first-order valence-corrected chi connectivity index (χ1v) is 8.14. The summed E-state index contributed by atoms with van der Waals surface area (Å²) in [5.74, 6) is 0.702. The highest BCUT2D eigenvalue weighted by Crippen LogP contribution is 2.34. The third kappa shape index (κ3) is 5.30. The third-order valence-electron chi connectivity index (χ3n) is 2.05. The quantitative estimate of drug-likeness (QED) is 0.487. The monoisotopic (exact) mass is 336 g/mol. The van der Waals surface area contributed by atoms with E-state index in [2.05, 4.69) is 30.2 Å². The van der Waals surface area contributed by atoms with Crippen LogP contribution in [-0.4, -0.2) is 39.4 Å². The lowest BCUT2D eigenvalue weighted by atomic mass is 10.6. The summed E-state index contributed by atoms with van der Waals surface area (Å²) in [4.78, 5) is 31.4. The molecule has 2 heterocycles. The molecule has 22 heavy (non-hydrogen) atoms. The largest absolute Gasteiger partial charge is 0.486 e. The van der Waals surface area contributed by atoms with Crippen LogP contribution in [0.4, 0.5) is 11.6 Å². The van der Waals surface area contributed by atoms with Gasteiger partial charge < -0.3 is 10.1 Å². The second-order valence-electron chi connectivity index (χ2n) is 3.77. The van der Waals surface area contributed by atoms with Crippen LogP contribution in [0.15, 0.2) is 39.8 Å². The van der Waals surface area contributed by atoms with Crippen molar-refractivity contribution in [2.45, 2.75) is 17.0 Å². The first-order valence-electron chi connectivity index (χ1n) is 5.99. The Hall–Kier alpha value is -2.20. The van der Waals surface area contributed by atoms with E-state index in [4.69, 9.17) is 4.74 Å². The summed E-state index contributed by atoms with van der Waals surface area (Å²) in [5, 5.41) is 3.97. The lowest BCUT2D eigenvalue weighted by molar-refractivity contribution is -0.114. The second kappa shape index (κ2) is 8.29. The second-order valence-corrected chi connectivity index (χ2v) is 5.94. The van der Waals surface area contributed by atoms with Gasteiger partial charge in [-0.25, -0.2) is 19.9 Å². The van der Waals surface area contributed by atoms with Gasteiger partial charge in [-0.2, -0.15) is 4.99 Å². The molecule has 0 bridgehead atoms. The molecule has 0 unspecified atom stereocenters. The van der Waals surface area contributed by atoms with Gasteiger partial charge >= 0.3 is 0 Å². The standard InChI is InChI=1S/C12H12N6O2S2/c1-8(19)18-10-4-16-12(6-14-10)22-21-11-5-13-9(3-15-11)17-7-20-2/h3-7H,1-2H3,(H,14,18,19)/b17-7+. The Morgan fingerprint density at radius 3 is 2.32 bits per heavy atom. The van der Waals surface area contributed by atoms with E-state index < -0.39 is 0 Å². The van der Waals surface area contributed by atoms with Crippen molar-refractivity contribution in [2.75, 3.05) is 12.4 Å². The number of carbonyl (C=O) groups excluding carboxylic acids is 1. The molecule has 0 fully saturated rings. The molecule has 1 N–H and O–H groups in total. The first-order chi connectivity index (χ1) is 10.7. The van der Waals surface area contributed by atoms with E-state index in [1.54, 1.807) is 18.6 Å². The minimum absolute atomic E-state index is 0.185. The number of ether oxygens (including phenoxy) is 1. The highest BCUT2D eigenvalue weighted by Gasteiger charge is 2.03. The molecule has 0 spiro atoms. The minimum Gasteiger partial charge on any atom is -0.486 e. The number of methoxy groups -OCH3 is 1. The molecule has 2 aromatic rings. The van der Waals surface area contributed by atoms with E-state index in [0.717, 1.165) is 0 Å². The zero-order chi connectivity index (χ0) is 15.8. The lowest BCUT2D eigenvalue weighted by Crippen LogP contribution is -2.07. The maximum Gasteiger partial charge on any atom is 0.222 e. The SMILES string of the molecule is CO/C=N/c1cnc(SSc2cnc(NC(C)=O)cn2)cn1. The van der Waals surface area contributed by atoms with Crippen molar-refractivity contribution < 1.29 is 9.53 Å². The molecule has 0 saturated heterocycles. The molecule has 8 nitrogen and oxygen atoms in total. The molecule has 2 aromatic heterocycles. The maximum absolute atomic E-state index is 10.9. The van der Waals surface area contributed by atoms with Crippen LogP contribution in [0.1, 0.15) is 6.92 Å². The summed E-state index contributed by atoms with van der Waals surface area (Å²) in [6, 6.07) is 0. The summed E-state index contributed by atoms with van der Waals surface area (Å²) in [6.45, 7) is 1.42. The van der Waals surface area contributed by atoms with Crippen molar-refractivity contribution in [2.24, 2.45) is 4.99 Å². The van der Waals surface area contributed by atoms with Crippen LogP contribution in [0.5, 0.6) is 0 Å². The van der Waals surface area contributed by atoms with Crippen LogP contribution >= 0.6 is 21.6 Å². The van der Waals surface area contributed by atoms with Crippen LogP contribution in [0, 0.1) is 0 Å². The Balaban J connectivity index is 1.89. The molecule has 114 valence electrons. The van der Waals surface area contributed by atoms with Crippen LogP contribution in [-0.2, 0) is 9.53 Å². The number of aromatic nitrogens is 4. The number of amides is 1. The van der Waals surface area contributed by atoms with E-state index in [-0.39, 0.29) is 5.91 Å². The zero-order valence-electron chi connectivity index (χ0n) is 11.8. The van der Waals surface area contributed by atoms with Gasteiger partial charge in [0.1, 0.15) is 10.1 Å². The van der Waals surface area contributed by atoms with Gasteiger partial charge in [-0.3, -0.25) is 4.79 Å². The summed E-state index contributed by atoms with van der Waals surface area (Å²) in [6.07, 6.45) is 7.52. The van der Waals surface area contributed by atoms with Crippen molar-refractivity contribution in [3.63, 3.8) is 0 Å². The van der Waals surface area contributed by atoms with Gasteiger partial charge in [0.15, 0.2) is 18.0 Å². The van der Waals surface area contributed by atoms with Crippen molar-refractivity contribution in [1.82, 2.24) is 19.9 Å². The van der Waals surface area contributed by atoms with Crippen LogP contribution < -0.4 is 5.32 Å². The van der Waals surface area contributed by atoms with Crippen LogP contribution in [0.2, 0.25) is 0 Å². The number of anilines is 1. The highest BCUT2D eigenvalue weighted by molar-refractivity contribution is 8.76. The van der Waals surface area contributed by atoms with Gasteiger partial charge in [-0.05, 0) is 21.6 Å². The van der Waals surface area contributed by atoms with Gasteiger partial charge in [0.2, 0.25) is 5.91 Å². The lowest BCUT2D eigenvalue weighted by Gasteiger charge is -2.02. The molecule has 0 aliphatic rings. The fourth-order valence-corrected chi connectivity index (χ4v) is 2.80. The van der Waals surface area contributed by atoms with Gasteiger partial charge in [0, 0.05) is 6.92 Å². The molecule has 0 atom stereocenters. The molecule has 0 aromatic carbocycles. The number of aliphatic imine (C=N–C) groups is 1. The summed E-state index contributed by atoms with van der Waals surface area (Å²) in [7, 11) is 4.30. The van der Waals surface area contributed by atoms with Gasteiger partial charge in [0.05, 0.1) is 31.9 Å². The molecule has 2 rings (SSSR count). The van der Waals surface area contributed by atoms with Crippen molar-refractivity contribution in [3.8, 4) is 0 Å². The Morgan fingerprint density at radius 1 is 1.14 bits per heavy atom. The molecule has 0 saturated carbocycles. The van der Waals surface area contributed by atoms with E-state index in [0.29, 0.717) is 21.7 Å². The summed E-state index contributed by atoms with van der Waals surface area (Å²) >= 11 is 0. The van der Waals surface area contributed by atoms with E-state index in [1.165, 1.54) is 48.2 Å². The molecule has 10 heteroatoms. The summed E-state index contributed by atoms with van der Waals surface area (Å²) in [5.41, 5.74) is 0. The number of hydrogen-bond donors (Lipinski definition) is 1. The number of nitrogens with one attached hydrogen (secondary N) is 1. The molecular weight excluding hydrogens is 324 g/mol. The van der Waals surface area contributed by atoms with Crippen LogP contribution in [0.25, 0.3) is 0 Å². The zero-order valence-corrected chi connectivity index (χ0v) is 13.4. The first kappa shape index (κ1) is 16.2. The van der Waals surface area contributed by atoms with Gasteiger partial charge in [0.25, 0.3) is 0 Å².